The van der Waals surface area contributed by atoms with Crippen molar-refractivity contribution in [2.24, 2.45) is 0 Å². The van der Waals surface area contributed by atoms with Gasteiger partial charge in [-0.15, -0.1) is 0 Å². The molecule has 49 heavy (non-hydrogen) atoms. The van der Waals surface area contributed by atoms with Gasteiger partial charge in [-0.1, -0.05) is 124 Å². The van der Waals surface area contributed by atoms with Crippen LogP contribution in [0.25, 0.3) is 44.3 Å². The summed E-state index contributed by atoms with van der Waals surface area (Å²) in [5, 5.41) is 2.60. The molecule has 0 saturated carbocycles. The van der Waals surface area contributed by atoms with Crippen molar-refractivity contribution < 1.29 is 0 Å². The van der Waals surface area contributed by atoms with Gasteiger partial charge in [-0.05, 0) is 118 Å². The standard InChI is InChI=1S/C47H42N2/c1-4-29-47(30-5-2)44-15-9-8-14-42(44)43-28-26-38(32-45(43)47)49(37-24-20-35(21-25-37)46-16-10-11-31-48-46)36-22-18-34(19-23-36)40-27-17-33(3)39-12-6-7-13-41(39)40/h6-28,31-32H,4-5,29-30H2,1-3H3. The van der Waals surface area contributed by atoms with Crippen molar-refractivity contribution >= 4 is 27.8 Å². The number of aryl methyl sites for hydroxylation is 1. The molecule has 0 amide bonds. The summed E-state index contributed by atoms with van der Waals surface area (Å²) in [6.45, 7) is 6.85. The lowest BCUT2D eigenvalue weighted by atomic mass is 9.71. The Morgan fingerprint density at radius 3 is 1.80 bits per heavy atom. The molecule has 0 fully saturated rings. The summed E-state index contributed by atoms with van der Waals surface area (Å²) in [7, 11) is 0. The highest BCUT2D eigenvalue weighted by Crippen LogP contribution is 2.55. The number of rotatable bonds is 9. The van der Waals surface area contributed by atoms with Gasteiger partial charge < -0.3 is 4.90 Å². The van der Waals surface area contributed by atoms with Crippen molar-refractivity contribution in [3.63, 3.8) is 0 Å². The van der Waals surface area contributed by atoms with Crippen LogP contribution in [0.1, 0.15) is 56.2 Å². The summed E-state index contributed by atoms with van der Waals surface area (Å²) < 4.78 is 0. The van der Waals surface area contributed by atoms with Crippen molar-refractivity contribution in [3.05, 3.63) is 168 Å². The summed E-state index contributed by atoms with van der Waals surface area (Å²) in [6.07, 6.45) is 6.44. The molecule has 6 aromatic carbocycles. The van der Waals surface area contributed by atoms with Gasteiger partial charge in [0, 0.05) is 34.2 Å². The van der Waals surface area contributed by atoms with E-state index in [2.05, 4.69) is 164 Å². The van der Waals surface area contributed by atoms with Crippen LogP contribution in [0.5, 0.6) is 0 Å². The lowest BCUT2D eigenvalue weighted by Gasteiger charge is -2.33. The van der Waals surface area contributed by atoms with E-state index >= 15 is 0 Å². The van der Waals surface area contributed by atoms with Gasteiger partial charge in [-0.3, -0.25) is 4.98 Å². The van der Waals surface area contributed by atoms with Crippen LogP contribution in [0, 0.1) is 6.92 Å². The number of nitrogens with zero attached hydrogens (tertiary/aromatic N) is 2. The molecule has 1 aliphatic carbocycles. The molecule has 0 unspecified atom stereocenters. The maximum Gasteiger partial charge on any atom is 0.0701 e. The molecule has 0 saturated heterocycles. The highest BCUT2D eigenvalue weighted by atomic mass is 15.1. The summed E-state index contributed by atoms with van der Waals surface area (Å²) in [5.41, 5.74) is 15.1. The second-order valence-corrected chi connectivity index (χ2v) is 13.5. The summed E-state index contributed by atoms with van der Waals surface area (Å²) >= 11 is 0. The molecule has 240 valence electrons. The zero-order valence-corrected chi connectivity index (χ0v) is 28.7. The van der Waals surface area contributed by atoms with Crippen molar-refractivity contribution in [2.45, 2.75) is 51.9 Å². The Hall–Kier alpha value is -5.47. The Bertz CT molecular complexity index is 2240. The first-order valence-corrected chi connectivity index (χ1v) is 17.8. The average Bonchev–Trinajstić information content (AvgIpc) is 3.42. The number of anilines is 3. The summed E-state index contributed by atoms with van der Waals surface area (Å²) in [6, 6.07) is 53.6. The van der Waals surface area contributed by atoms with E-state index < -0.39 is 0 Å². The number of benzene rings is 6. The van der Waals surface area contributed by atoms with Crippen molar-refractivity contribution in [3.8, 4) is 33.5 Å². The SMILES string of the molecule is CCCC1(CCC)c2ccccc2-c2ccc(N(c3ccc(-c4ccccn4)cc3)c3ccc(-c4ccc(C)c5ccccc45)cc3)cc21. The maximum absolute atomic E-state index is 4.60. The number of pyridine rings is 1. The zero-order chi connectivity index (χ0) is 33.4. The third-order valence-corrected chi connectivity index (χ3v) is 10.5. The van der Waals surface area contributed by atoms with Crippen LogP contribution < -0.4 is 4.90 Å². The molecule has 0 N–H and O–H groups in total. The Morgan fingerprint density at radius 1 is 0.510 bits per heavy atom. The monoisotopic (exact) mass is 634 g/mol. The molecule has 2 nitrogen and oxygen atoms in total. The van der Waals surface area contributed by atoms with E-state index in [1.807, 2.05) is 18.3 Å². The largest absolute Gasteiger partial charge is 0.310 e. The van der Waals surface area contributed by atoms with E-state index in [4.69, 9.17) is 0 Å². The van der Waals surface area contributed by atoms with Crippen LogP contribution in [-0.2, 0) is 5.41 Å². The summed E-state index contributed by atoms with van der Waals surface area (Å²) in [5.74, 6) is 0. The fraction of sp³-hybridized carbons (Fsp3) is 0.170. The first-order chi connectivity index (χ1) is 24.1. The van der Waals surface area contributed by atoms with Gasteiger partial charge in [0.25, 0.3) is 0 Å². The molecule has 1 heterocycles. The minimum Gasteiger partial charge on any atom is -0.310 e. The van der Waals surface area contributed by atoms with Gasteiger partial charge in [0.1, 0.15) is 0 Å². The fourth-order valence-electron chi connectivity index (χ4n) is 8.35. The Kier molecular flexibility index (Phi) is 8.09. The smallest absolute Gasteiger partial charge is 0.0701 e. The van der Waals surface area contributed by atoms with Crippen LogP contribution in [0.4, 0.5) is 17.1 Å². The molecule has 0 spiro atoms. The molecular formula is C47H42N2. The van der Waals surface area contributed by atoms with E-state index in [1.165, 1.54) is 55.4 Å². The number of aromatic nitrogens is 1. The molecule has 1 aliphatic rings. The second kappa shape index (κ2) is 12.9. The molecule has 0 aliphatic heterocycles. The topological polar surface area (TPSA) is 16.1 Å². The number of hydrogen-bond donors (Lipinski definition) is 0. The maximum atomic E-state index is 4.60. The lowest BCUT2D eigenvalue weighted by molar-refractivity contribution is 0.436. The fourth-order valence-corrected chi connectivity index (χ4v) is 8.35. The minimum atomic E-state index is 0.0241. The number of fused-ring (bicyclic) bond motifs is 4. The van der Waals surface area contributed by atoms with Gasteiger partial charge in [0.15, 0.2) is 0 Å². The molecule has 2 heteroatoms. The van der Waals surface area contributed by atoms with Gasteiger partial charge in [0.2, 0.25) is 0 Å². The van der Waals surface area contributed by atoms with Gasteiger partial charge in [-0.2, -0.15) is 0 Å². The Labute approximate surface area is 290 Å². The minimum absolute atomic E-state index is 0.0241. The quantitative estimate of drug-likeness (QED) is 0.157. The molecule has 7 aromatic rings. The first-order valence-electron chi connectivity index (χ1n) is 17.8. The normalized spacial score (nSPS) is 12.9. The Morgan fingerprint density at radius 2 is 1.10 bits per heavy atom. The molecule has 8 rings (SSSR count). The average molecular weight is 635 g/mol. The summed E-state index contributed by atoms with van der Waals surface area (Å²) in [4.78, 5) is 7.02. The van der Waals surface area contributed by atoms with E-state index in [0.29, 0.717) is 0 Å². The van der Waals surface area contributed by atoms with Crippen LogP contribution in [0.15, 0.2) is 152 Å². The highest BCUT2D eigenvalue weighted by Gasteiger charge is 2.42. The van der Waals surface area contributed by atoms with Crippen molar-refractivity contribution in [2.75, 3.05) is 4.90 Å². The first kappa shape index (κ1) is 30.8. The van der Waals surface area contributed by atoms with Crippen molar-refractivity contribution in [1.82, 2.24) is 4.98 Å². The zero-order valence-electron chi connectivity index (χ0n) is 28.7. The van der Waals surface area contributed by atoms with E-state index in [9.17, 15) is 0 Å². The molecule has 1 aromatic heterocycles. The predicted molar refractivity (Wildman–Crippen MR) is 208 cm³/mol. The van der Waals surface area contributed by atoms with Gasteiger partial charge in [0.05, 0.1) is 5.69 Å². The van der Waals surface area contributed by atoms with Gasteiger partial charge in [-0.25, -0.2) is 0 Å². The predicted octanol–water partition coefficient (Wildman–Crippen LogP) is 13.2. The second-order valence-electron chi connectivity index (χ2n) is 13.5. The van der Waals surface area contributed by atoms with Gasteiger partial charge >= 0.3 is 0 Å². The third kappa shape index (κ3) is 5.33. The highest BCUT2D eigenvalue weighted by molar-refractivity contribution is 5.98. The molecule has 0 radical (unpaired) electrons. The molecule has 0 bridgehead atoms. The third-order valence-electron chi connectivity index (χ3n) is 10.5. The lowest BCUT2D eigenvalue weighted by Crippen LogP contribution is -2.25. The van der Waals surface area contributed by atoms with Crippen molar-refractivity contribution in [1.29, 1.82) is 0 Å². The Balaban J connectivity index is 1.27. The van der Waals surface area contributed by atoms with Crippen LogP contribution in [0.2, 0.25) is 0 Å². The molecule has 0 atom stereocenters. The molecular weight excluding hydrogens is 593 g/mol. The van der Waals surface area contributed by atoms with Crippen LogP contribution >= 0.6 is 0 Å². The van der Waals surface area contributed by atoms with Crippen LogP contribution in [-0.4, -0.2) is 4.98 Å². The van der Waals surface area contributed by atoms with Crippen LogP contribution in [0.3, 0.4) is 0 Å². The van der Waals surface area contributed by atoms with E-state index in [0.717, 1.165) is 48.3 Å². The number of hydrogen-bond acceptors (Lipinski definition) is 2. The van der Waals surface area contributed by atoms with E-state index in [1.54, 1.807) is 0 Å². The van der Waals surface area contributed by atoms with E-state index in [-0.39, 0.29) is 5.41 Å².